The Morgan fingerprint density at radius 3 is 3.15 bits per heavy atom. The molecule has 1 aromatic heterocycles. The summed E-state index contributed by atoms with van der Waals surface area (Å²) in [4.78, 5) is 24.1. The minimum absolute atomic E-state index is 0.0611. The largest absolute Gasteiger partial charge is 0.496 e. The molecule has 0 unspecified atom stereocenters. The lowest BCUT2D eigenvalue weighted by atomic mass is 10.1. The number of hydrogen-bond acceptors (Lipinski definition) is 5. The zero-order valence-electron chi connectivity index (χ0n) is 14.7. The standard InChI is InChI=1S/C19H21ClN4O2/c1-26-17-3-2-14(20)8-15(17)19(25)24-7-5-12(11-24)18-22-10-13-9-21-6-4-16(13)23-18/h2-3,8,10,12,21H,4-7,9,11H2,1H3/t12-/m1/s1. The first-order valence-corrected chi connectivity index (χ1v) is 9.21. The number of carbonyl (C=O) groups excluding carboxylic acids is 1. The van der Waals surface area contributed by atoms with Crippen LogP contribution in [0.4, 0.5) is 0 Å². The van der Waals surface area contributed by atoms with Crippen LogP contribution >= 0.6 is 11.6 Å². The molecule has 1 atom stereocenters. The van der Waals surface area contributed by atoms with Crippen LogP contribution in [-0.2, 0) is 13.0 Å². The number of carbonyl (C=O) groups is 1. The normalized spacial score (nSPS) is 19.3. The second kappa shape index (κ2) is 7.21. The Bertz CT molecular complexity index is 842. The molecule has 1 saturated heterocycles. The fourth-order valence-electron chi connectivity index (χ4n) is 3.62. The maximum absolute atomic E-state index is 12.9. The average molecular weight is 373 g/mol. The van der Waals surface area contributed by atoms with E-state index in [1.165, 1.54) is 5.56 Å². The highest BCUT2D eigenvalue weighted by Crippen LogP contribution is 2.30. The van der Waals surface area contributed by atoms with E-state index < -0.39 is 0 Å². The number of ether oxygens (including phenoxy) is 1. The molecule has 3 heterocycles. The van der Waals surface area contributed by atoms with Crippen LogP contribution in [0, 0.1) is 0 Å². The number of halogens is 1. The number of fused-ring (bicyclic) bond motifs is 1. The number of likely N-dealkylation sites (tertiary alicyclic amines) is 1. The third-order valence-electron chi connectivity index (χ3n) is 5.06. The Balaban J connectivity index is 1.52. The molecule has 1 N–H and O–H groups in total. The van der Waals surface area contributed by atoms with E-state index in [0.29, 0.717) is 29.4 Å². The van der Waals surface area contributed by atoms with Gasteiger partial charge >= 0.3 is 0 Å². The second-order valence-corrected chi connectivity index (χ2v) is 7.14. The highest BCUT2D eigenvalue weighted by Gasteiger charge is 2.31. The van der Waals surface area contributed by atoms with Crippen LogP contribution in [0.1, 0.15) is 39.8 Å². The van der Waals surface area contributed by atoms with Crippen molar-refractivity contribution < 1.29 is 9.53 Å². The SMILES string of the molecule is COc1ccc(Cl)cc1C(=O)N1CC[C@@H](c2ncc3c(n2)CCNC3)C1. The predicted molar refractivity (Wildman–Crippen MR) is 98.7 cm³/mol. The molecule has 1 fully saturated rings. The summed E-state index contributed by atoms with van der Waals surface area (Å²) in [5, 5.41) is 3.85. The van der Waals surface area contributed by atoms with E-state index >= 15 is 0 Å². The van der Waals surface area contributed by atoms with Crippen LogP contribution in [0.3, 0.4) is 0 Å². The Morgan fingerprint density at radius 1 is 1.42 bits per heavy atom. The lowest BCUT2D eigenvalue weighted by Gasteiger charge is -2.19. The number of nitrogens with one attached hydrogen (secondary N) is 1. The number of nitrogens with zero attached hydrogens (tertiary/aromatic N) is 3. The van der Waals surface area contributed by atoms with Crippen molar-refractivity contribution in [3.05, 3.63) is 52.1 Å². The zero-order chi connectivity index (χ0) is 18.1. The molecule has 0 bridgehead atoms. The van der Waals surface area contributed by atoms with Crippen molar-refractivity contribution in [3.8, 4) is 5.75 Å². The molecule has 4 rings (SSSR count). The number of amides is 1. The van der Waals surface area contributed by atoms with Crippen molar-refractivity contribution in [1.82, 2.24) is 20.2 Å². The van der Waals surface area contributed by atoms with Crippen molar-refractivity contribution in [2.75, 3.05) is 26.7 Å². The van der Waals surface area contributed by atoms with Gasteiger partial charge in [-0.1, -0.05) is 11.6 Å². The minimum Gasteiger partial charge on any atom is -0.496 e. The predicted octanol–water partition coefficient (Wildman–Crippen LogP) is 2.41. The summed E-state index contributed by atoms with van der Waals surface area (Å²) < 4.78 is 5.32. The fourth-order valence-corrected chi connectivity index (χ4v) is 3.79. The molecule has 6 nitrogen and oxygen atoms in total. The number of benzene rings is 1. The highest BCUT2D eigenvalue weighted by molar-refractivity contribution is 6.31. The quantitative estimate of drug-likeness (QED) is 0.896. The monoisotopic (exact) mass is 372 g/mol. The molecule has 2 aromatic rings. The summed E-state index contributed by atoms with van der Waals surface area (Å²) in [6.07, 6.45) is 3.72. The van der Waals surface area contributed by atoms with Crippen LogP contribution in [-0.4, -0.2) is 47.5 Å². The zero-order valence-corrected chi connectivity index (χ0v) is 15.4. The topological polar surface area (TPSA) is 67.3 Å². The summed E-state index contributed by atoms with van der Waals surface area (Å²) in [5.74, 6) is 1.50. The van der Waals surface area contributed by atoms with Gasteiger partial charge in [-0.3, -0.25) is 4.79 Å². The van der Waals surface area contributed by atoms with E-state index in [9.17, 15) is 4.79 Å². The van der Waals surface area contributed by atoms with Gasteiger partial charge < -0.3 is 15.0 Å². The number of aromatic nitrogens is 2. The molecule has 0 radical (unpaired) electrons. The number of hydrogen-bond donors (Lipinski definition) is 1. The van der Waals surface area contributed by atoms with Crippen molar-refractivity contribution in [2.24, 2.45) is 0 Å². The lowest BCUT2D eigenvalue weighted by Crippen LogP contribution is -2.29. The molecule has 0 spiro atoms. The number of methoxy groups -OCH3 is 1. The Hall–Kier alpha value is -2.18. The maximum Gasteiger partial charge on any atom is 0.257 e. The Labute approximate surface area is 157 Å². The van der Waals surface area contributed by atoms with Gasteiger partial charge in [-0.25, -0.2) is 9.97 Å². The molecule has 0 aliphatic carbocycles. The fraction of sp³-hybridized carbons (Fsp3) is 0.421. The van der Waals surface area contributed by atoms with Crippen LogP contribution in [0.25, 0.3) is 0 Å². The van der Waals surface area contributed by atoms with E-state index in [4.69, 9.17) is 21.3 Å². The molecule has 1 amide bonds. The number of rotatable bonds is 3. The summed E-state index contributed by atoms with van der Waals surface area (Å²) in [6.45, 7) is 3.08. The molecule has 7 heteroatoms. The first kappa shape index (κ1) is 17.2. The van der Waals surface area contributed by atoms with Crippen molar-refractivity contribution >= 4 is 17.5 Å². The molecule has 1 aromatic carbocycles. The molecule has 136 valence electrons. The molecule has 26 heavy (non-hydrogen) atoms. The van der Waals surface area contributed by atoms with Gasteiger partial charge in [-0.05, 0) is 24.6 Å². The molecule has 2 aliphatic rings. The van der Waals surface area contributed by atoms with Crippen LogP contribution in [0.15, 0.2) is 24.4 Å². The minimum atomic E-state index is -0.0611. The van der Waals surface area contributed by atoms with E-state index in [0.717, 1.165) is 37.4 Å². The van der Waals surface area contributed by atoms with Crippen LogP contribution in [0.5, 0.6) is 5.75 Å². The van der Waals surface area contributed by atoms with E-state index in [-0.39, 0.29) is 11.8 Å². The van der Waals surface area contributed by atoms with E-state index in [2.05, 4.69) is 10.3 Å². The first-order valence-electron chi connectivity index (χ1n) is 8.84. The average Bonchev–Trinajstić information content (AvgIpc) is 3.17. The van der Waals surface area contributed by atoms with Crippen molar-refractivity contribution in [2.45, 2.75) is 25.3 Å². The Kier molecular flexibility index (Phi) is 4.78. The maximum atomic E-state index is 12.9. The third kappa shape index (κ3) is 3.27. The first-order chi connectivity index (χ1) is 12.7. The molecule has 2 aliphatic heterocycles. The second-order valence-electron chi connectivity index (χ2n) is 6.71. The van der Waals surface area contributed by atoms with Crippen molar-refractivity contribution in [1.29, 1.82) is 0 Å². The van der Waals surface area contributed by atoms with Gasteiger partial charge in [0.05, 0.1) is 12.7 Å². The smallest absolute Gasteiger partial charge is 0.257 e. The Morgan fingerprint density at radius 2 is 2.31 bits per heavy atom. The van der Waals surface area contributed by atoms with E-state index in [1.54, 1.807) is 25.3 Å². The van der Waals surface area contributed by atoms with Gasteiger partial charge in [-0.15, -0.1) is 0 Å². The molecular formula is C19H21ClN4O2. The van der Waals surface area contributed by atoms with Gasteiger partial charge in [0.2, 0.25) is 0 Å². The van der Waals surface area contributed by atoms with Gasteiger partial charge in [0.15, 0.2) is 0 Å². The third-order valence-corrected chi connectivity index (χ3v) is 5.29. The summed E-state index contributed by atoms with van der Waals surface area (Å²) in [6, 6.07) is 5.11. The van der Waals surface area contributed by atoms with Gasteiger partial charge in [-0.2, -0.15) is 0 Å². The highest BCUT2D eigenvalue weighted by atomic mass is 35.5. The summed E-state index contributed by atoms with van der Waals surface area (Å²) in [7, 11) is 1.56. The van der Waals surface area contributed by atoms with Crippen molar-refractivity contribution in [3.63, 3.8) is 0 Å². The van der Waals surface area contributed by atoms with E-state index in [1.807, 2.05) is 11.1 Å². The van der Waals surface area contributed by atoms with Gasteiger partial charge in [0.1, 0.15) is 11.6 Å². The molecular weight excluding hydrogens is 352 g/mol. The van der Waals surface area contributed by atoms with Crippen LogP contribution < -0.4 is 10.1 Å². The van der Waals surface area contributed by atoms with Crippen LogP contribution in [0.2, 0.25) is 5.02 Å². The lowest BCUT2D eigenvalue weighted by molar-refractivity contribution is 0.0787. The van der Waals surface area contributed by atoms with Gasteiger partial charge in [0, 0.05) is 61.0 Å². The summed E-state index contributed by atoms with van der Waals surface area (Å²) in [5.41, 5.74) is 2.81. The van der Waals surface area contributed by atoms with Gasteiger partial charge in [0.25, 0.3) is 5.91 Å². The summed E-state index contributed by atoms with van der Waals surface area (Å²) >= 11 is 6.07. The molecule has 0 saturated carbocycles.